The second-order valence-electron chi connectivity index (χ2n) is 23.2. The van der Waals surface area contributed by atoms with Crippen molar-refractivity contribution in [2.45, 2.75) is 194 Å². The Hall–Kier alpha value is -7.29. The lowest BCUT2D eigenvalue weighted by Gasteiger charge is -2.44. The van der Waals surface area contributed by atoms with Crippen LogP contribution in [0.25, 0.3) is 0 Å². The first-order chi connectivity index (χ1) is 45.9. The van der Waals surface area contributed by atoms with Crippen molar-refractivity contribution in [3.63, 3.8) is 0 Å². The van der Waals surface area contributed by atoms with Crippen LogP contribution in [-0.2, 0) is 133 Å². The van der Waals surface area contributed by atoms with Gasteiger partial charge in [-0.2, -0.15) is 0 Å². The minimum atomic E-state index is -1.26. The third-order valence-electron chi connectivity index (χ3n) is 15.0. The van der Waals surface area contributed by atoms with Gasteiger partial charge in [0.2, 0.25) is 41.4 Å². The molecule has 3 heterocycles. The van der Waals surface area contributed by atoms with Crippen molar-refractivity contribution < 1.29 is 133 Å². The van der Waals surface area contributed by atoms with Gasteiger partial charge in [-0.3, -0.25) is 62.3 Å². The Labute approximate surface area is 563 Å². The van der Waals surface area contributed by atoms with Crippen molar-refractivity contribution in [3.05, 3.63) is 0 Å². The molecular formula is C61H100N8O28. The van der Waals surface area contributed by atoms with E-state index in [1.54, 1.807) is 20.8 Å². The molecule has 97 heavy (non-hydrogen) atoms. The van der Waals surface area contributed by atoms with Crippen LogP contribution in [0.4, 0.5) is 0 Å². The lowest BCUT2D eigenvalue weighted by molar-refractivity contribution is -0.264. The summed E-state index contributed by atoms with van der Waals surface area (Å²) in [6.45, 7) is 15.2. The zero-order chi connectivity index (χ0) is 72.3. The van der Waals surface area contributed by atoms with Crippen LogP contribution in [0, 0.1) is 17.8 Å². The minimum Gasteiger partial charge on any atom is -0.463 e. The molecule has 0 saturated carbocycles. The van der Waals surface area contributed by atoms with Crippen LogP contribution in [0.3, 0.4) is 0 Å². The largest absolute Gasteiger partial charge is 0.463 e. The smallest absolute Gasteiger partial charge is 0.303 e. The lowest BCUT2D eigenvalue weighted by atomic mass is 9.88. The highest BCUT2D eigenvalue weighted by Crippen LogP contribution is 2.33. The monoisotopic (exact) mass is 1390 g/mol. The van der Waals surface area contributed by atoms with Crippen LogP contribution in [0.1, 0.15) is 109 Å². The third-order valence-corrected chi connectivity index (χ3v) is 15.0. The maximum atomic E-state index is 13.7. The molecule has 3 aliphatic heterocycles. The molecule has 3 aliphatic rings. The molecule has 36 nitrogen and oxygen atoms in total. The first kappa shape index (κ1) is 83.9. The van der Waals surface area contributed by atoms with Gasteiger partial charge in [0.25, 0.3) is 0 Å². The molecule has 3 saturated heterocycles. The summed E-state index contributed by atoms with van der Waals surface area (Å²) in [5.41, 5.74) is 6.14. The summed E-state index contributed by atoms with van der Waals surface area (Å²) in [6, 6.07) is -4.77. The van der Waals surface area contributed by atoms with Crippen molar-refractivity contribution in [3.8, 4) is 0 Å². The number of amides is 7. The Balaban J connectivity index is 1.56. The van der Waals surface area contributed by atoms with E-state index in [-0.39, 0.29) is 125 Å². The normalized spacial score (nSPS) is 25.8. The zero-order valence-corrected chi connectivity index (χ0v) is 57.3. The average Bonchev–Trinajstić information content (AvgIpc) is 0.815. The van der Waals surface area contributed by atoms with Crippen molar-refractivity contribution in [2.75, 3.05) is 98.9 Å². The van der Waals surface area contributed by atoms with Crippen LogP contribution in [0.2, 0.25) is 0 Å². The average molecular weight is 1390 g/mol. The summed E-state index contributed by atoms with van der Waals surface area (Å²) < 4.78 is 84.6. The Bertz CT molecular complexity index is 2580. The van der Waals surface area contributed by atoms with E-state index in [0.717, 1.165) is 0 Å². The molecule has 552 valence electrons. The fourth-order valence-electron chi connectivity index (χ4n) is 10.5. The van der Waals surface area contributed by atoms with Crippen molar-refractivity contribution >= 4 is 77.2 Å². The van der Waals surface area contributed by atoms with E-state index < -0.39 is 181 Å². The fourth-order valence-corrected chi connectivity index (χ4v) is 10.5. The van der Waals surface area contributed by atoms with Gasteiger partial charge in [0.05, 0.1) is 83.6 Å². The summed E-state index contributed by atoms with van der Waals surface area (Å²) in [5, 5.41) is 18.9. The third kappa shape index (κ3) is 32.3. The quantitative estimate of drug-likeness (QED) is 0.0170. The van der Waals surface area contributed by atoms with E-state index in [4.69, 9.17) is 76.8 Å². The molecule has 3 rings (SSSR count). The summed E-state index contributed by atoms with van der Waals surface area (Å²) in [6.07, 6.45) is -9.55. The molecule has 0 aliphatic carbocycles. The SMILES string of the molecule is CC(=O)NC1C(OCCOCCNC(=O)CC[C@H](NC(=O)CC[C@H](N)C(=O)NCCOCCOC2OC(COC(C)=O)C(OC(C)=O)C(C)C2NC(C)=O)C(=O)NCCOCCOC2OC(COC(C)=O)C(OC(C)=O)C(C)C2NC(C)=O)OC(COC(C)=O)C(OC(C)=O)C1C. The first-order valence-corrected chi connectivity index (χ1v) is 32.0. The van der Waals surface area contributed by atoms with Crippen molar-refractivity contribution in [1.29, 1.82) is 0 Å². The molecule has 3 fully saturated rings. The maximum Gasteiger partial charge on any atom is 0.303 e. The molecule has 0 radical (unpaired) electrons. The van der Waals surface area contributed by atoms with Gasteiger partial charge in [-0.15, -0.1) is 0 Å². The molecule has 7 amide bonds. The van der Waals surface area contributed by atoms with Gasteiger partial charge in [0.1, 0.15) is 62.5 Å². The van der Waals surface area contributed by atoms with Gasteiger partial charge in [-0.1, -0.05) is 20.8 Å². The number of hydrogen-bond acceptors (Lipinski definition) is 29. The highest BCUT2D eigenvalue weighted by Gasteiger charge is 2.50. The van der Waals surface area contributed by atoms with Gasteiger partial charge in [0.15, 0.2) is 18.9 Å². The van der Waals surface area contributed by atoms with E-state index in [0.29, 0.717) is 0 Å². The van der Waals surface area contributed by atoms with Gasteiger partial charge >= 0.3 is 35.8 Å². The summed E-state index contributed by atoms with van der Waals surface area (Å²) >= 11 is 0. The Morgan fingerprint density at radius 2 is 0.711 bits per heavy atom. The van der Waals surface area contributed by atoms with E-state index in [2.05, 4.69) is 37.2 Å². The Kier molecular flexibility index (Phi) is 38.6. The van der Waals surface area contributed by atoms with Crippen LogP contribution < -0.4 is 43.0 Å². The van der Waals surface area contributed by atoms with Gasteiger partial charge in [0, 0.05) is 113 Å². The number of carbonyl (C=O) groups is 13. The summed E-state index contributed by atoms with van der Waals surface area (Å²) in [5.74, 6) is -8.91. The number of nitrogens with one attached hydrogen (secondary N) is 7. The summed E-state index contributed by atoms with van der Waals surface area (Å²) in [7, 11) is 0. The van der Waals surface area contributed by atoms with Crippen LogP contribution in [-0.4, -0.2) is 262 Å². The molecule has 36 heteroatoms. The highest BCUT2D eigenvalue weighted by molar-refractivity contribution is 5.89. The van der Waals surface area contributed by atoms with Crippen molar-refractivity contribution in [1.82, 2.24) is 37.2 Å². The number of nitrogens with two attached hydrogens (primary N) is 1. The van der Waals surface area contributed by atoms with Crippen LogP contribution in [0.15, 0.2) is 0 Å². The number of esters is 6. The van der Waals surface area contributed by atoms with Gasteiger partial charge in [-0.05, 0) is 12.8 Å². The molecule has 0 spiro atoms. The topological polar surface area (TPSA) is 471 Å². The Morgan fingerprint density at radius 3 is 1.03 bits per heavy atom. The predicted octanol–water partition coefficient (Wildman–Crippen LogP) is -3.11. The van der Waals surface area contributed by atoms with E-state index in [1.807, 2.05) is 0 Å². The second kappa shape index (κ2) is 44.6. The number of rotatable bonds is 42. The van der Waals surface area contributed by atoms with E-state index in [9.17, 15) is 62.3 Å². The number of ether oxygens (including phenoxy) is 15. The van der Waals surface area contributed by atoms with E-state index in [1.165, 1.54) is 62.3 Å². The first-order valence-electron chi connectivity index (χ1n) is 32.0. The van der Waals surface area contributed by atoms with Gasteiger partial charge in [-0.25, -0.2) is 0 Å². The summed E-state index contributed by atoms with van der Waals surface area (Å²) in [4.78, 5) is 160. The molecule has 17 atom stereocenters. The Morgan fingerprint density at radius 1 is 0.392 bits per heavy atom. The standard InChI is InChI=1S/C61H100N8O28/c1-32-51(66-35(4)70)59(95-46(29-89-38(7)73)54(32)92-41(10)76)86-26-23-83-20-17-63-49(79)16-14-45(58(82)65-19-22-85-25-28-88-61-53(68-37(6)72)34(3)56(94-43(12)78)48(97-61)31-91-40(9)75)69-50(80)15-13-44(62)57(81)64-18-21-84-24-27-87-60-52(67-36(5)71)33(2)55(93-42(11)77)47(96-60)30-90-39(8)74/h32-34,44-48,51-56,59-61H,13-31,62H2,1-12H3,(H,63,79)(H,64,81)(H,65,82)(H,66,70)(H,67,71)(H,68,72)(H,69,80)/t32?,33?,34?,44-,45-,46?,47?,48?,51?,52?,53?,54?,55?,56?,59?,60?,61?/m0/s1. The van der Waals surface area contributed by atoms with Crippen molar-refractivity contribution in [2.24, 2.45) is 23.5 Å². The molecular weight excluding hydrogens is 1290 g/mol. The molecule has 0 aromatic carbocycles. The predicted molar refractivity (Wildman–Crippen MR) is 331 cm³/mol. The highest BCUT2D eigenvalue weighted by atomic mass is 16.7. The molecule has 0 bridgehead atoms. The number of carbonyl (C=O) groups excluding carboxylic acids is 13. The molecule has 15 unspecified atom stereocenters. The fraction of sp³-hybridized carbons (Fsp3) is 0.787. The zero-order valence-electron chi connectivity index (χ0n) is 57.3. The molecule has 0 aromatic rings. The second-order valence-corrected chi connectivity index (χ2v) is 23.2. The van der Waals surface area contributed by atoms with Crippen LogP contribution >= 0.6 is 0 Å². The minimum absolute atomic E-state index is 0.000235. The molecule has 0 aromatic heterocycles. The molecule has 9 N–H and O–H groups in total. The lowest BCUT2D eigenvalue weighted by Crippen LogP contribution is -2.62. The number of hydrogen-bond donors (Lipinski definition) is 8. The van der Waals surface area contributed by atoms with Crippen LogP contribution in [0.5, 0.6) is 0 Å². The van der Waals surface area contributed by atoms with Gasteiger partial charge < -0.3 is 114 Å². The van der Waals surface area contributed by atoms with E-state index >= 15 is 0 Å². The maximum absolute atomic E-state index is 13.7.